The van der Waals surface area contributed by atoms with E-state index in [9.17, 15) is 14.7 Å². The Morgan fingerprint density at radius 2 is 1.66 bits per heavy atom. The minimum absolute atomic E-state index is 0.112. The molecule has 1 amide bonds. The normalized spacial score (nSPS) is 16.6. The SMILES string of the molecule is COc1cccc(/C(O)=C2/C(=O)C(=O)N(c3ccc(C#N)cc3)C2c2cccc(OC)c2OC)c1. The molecule has 176 valence electrons. The number of aliphatic hydroxyl groups excluding tert-OH is 1. The number of Topliss-reactive ketones (excluding diaryl/α,β-unsaturated/α-hetero) is 1. The quantitative estimate of drug-likeness (QED) is 0.326. The highest BCUT2D eigenvalue weighted by Gasteiger charge is 2.48. The van der Waals surface area contributed by atoms with E-state index >= 15 is 0 Å². The Labute approximate surface area is 202 Å². The number of carbonyl (C=O) groups excluding carboxylic acids is 2. The molecule has 0 radical (unpaired) electrons. The monoisotopic (exact) mass is 470 g/mol. The van der Waals surface area contributed by atoms with Crippen LogP contribution >= 0.6 is 0 Å². The van der Waals surface area contributed by atoms with Gasteiger partial charge in [-0.05, 0) is 42.5 Å². The van der Waals surface area contributed by atoms with Crippen LogP contribution in [0.2, 0.25) is 0 Å². The van der Waals surface area contributed by atoms with Crippen molar-refractivity contribution < 1.29 is 28.9 Å². The summed E-state index contributed by atoms with van der Waals surface area (Å²) in [6.45, 7) is 0. The van der Waals surface area contributed by atoms with Crippen LogP contribution in [0.1, 0.15) is 22.7 Å². The third kappa shape index (κ3) is 4.04. The topological polar surface area (TPSA) is 109 Å². The molecule has 1 aliphatic heterocycles. The highest BCUT2D eigenvalue weighted by molar-refractivity contribution is 6.51. The zero-order valence-corrected chi connectivity index (χ0v) is 19.3. The third-order valence-corrected chi connectivity index (χ3v) is 5.79. The molecule has 3 aromatic carbocycles. The van der Waals surface area contributed by atoms with Crippen molar-refractivity contribution in [2.75, 3.05) is 26.2 Å². The van der Waals surface area contributed by atoms with Crippen molar-refractivity contribution in [2.45, 2.75) is 6.04 Å². The molecule has 3 aromatic rings. The molecule has 1 aliphatic rings. The van der Waals surface area contributed by atoms with Crippen LogP contribution in [0.4, 0.5) is 5.69 Å². The van der Waals surface area contributed by atoms with Gasteiger partial charge >= 0.3 is 0 Å². The first-order valence-corrected chi connectivity index (χ1v) is 10.6. The second-order valence-corrected chi connectivity index (χ2v) is 7.64. The van der Waals surface area contributed by atoms with E-state index in [1.807, 2.05) is 6.07 Å². The number of nitriles is 1. The van der Waals surface area contributed by atoms with Gasteiger partial charge in [-0.1, -0.05) is 24.3 Å². The maximum Gasteiger partial charge on any atom is 0.300 e. The van der Waals surface area contributed by atoms with Crippen molar-refractivity contribution in [1.29, 1.82) is 5.26 Å². The molecule has 1 fully saturated rings. The van der Waals surface area contributed by atoms with Crippen LogP contribution in [-0.4, -0.2) is 38.1 Å². The molecule has 8 nitrogen and oxygen atoms in total. The van der Waals surface area contributed by atoms with Crippen LogP contribution in [0.5, 0.6) is 17.2 Å². The van der Waals surface area contributed by atoms with E-state index in [0.29, 0.717) is 39.6 Å². The third-order valence-electron chi connectivity index (χ3n) is 5.79. The van der Waals surface area contributed by atoms with Crippen molar-refractivity contribution in [3.63, 3.8) is 0 Å². The number of para-hydroxylation sites is 1. The second-order valence-electron chi connectivity index (χ2n) is 7.64. The van der Waals surface area contributed by atoms with Crippen LogP contribution in [-0.2, 0) is 9.59 Å². The van der Waals surface area contributed by atoms with E-state index in [2.05, 4.69) is 0 Å². The van der Waals surface area contributed by atoms with E-state index in [-0.39, 0.29) is 11.3 Å². The Hall–Kier alpha value is -4.77. The molecule has 4 rings (SSSR count). The molecule has 1 unspecified atom stereocenters. The highest BCUT2D eigenvalue weighted by Crippen LogP contribution is 2.47. The van der Waals surface area contributed by atoms with E-state index < -0.39 is 17.7 Å². The predicted octanol–water partition coefficient (Wildman–Crippen LogP) is 4.21. The van der Waals surface area contributed by atoms with Gasteiger partial charge < -0.3 is 19.3 Å². The summed E-state index contributed by atoms with van der Waals surface area (Å²) in [6.07, 6.45) is 0. The number of benzene rings is 3. The number of ether oxygens (including phenoxy) is 3. The molecule has 1 heterocycles. The molecule has 0 spiro atoms. The lowest BCUT2D eigenvalue weighted by Crippen LogP contribution is -2.29. The van der Waals surface area contributed by atoms with Gasteiger partial charge in [0, 0.05) is 16.8 Å². The average Bonchev–Trinajstić information content (AvgIpc) is 3.17. The Morgan fingerprint density at radius 1 is 0.943 bits per heavy atom. The van der Waals surface area contributed by atoms with Crippen molar-refractivity contribution in [3.05, 3.63) is 89.0 Å². The Bertz CT molecular complexity index is 1370. The number of hydrogen-bond donors (Lipinski definition) is 1. The molecule has 35 heavy (non-hydrogen) atoms. The molecule has 1 N–H and O–H groups in total. The van der Waals surface area contributed by atoms with Gasteiger partial charge in [0.2, 0.25) is 0 Å². The van der Waals surface area contributed by atoms with Crippen LogP contribution in [0, 0.1) is 11.3 Å². The number of amides is 1. The van der Waals surface area contributed by atoms with Crippen LogP contribution in [0.3, 0.4) is 0 Å². The minimum Gasteiger partial charge on any atom is -0.507 e. The van der Waals surface area contributed by atoms with Gasteiger partial charge in [0.05, 0.1) is 44.6 Å². The summed E-state index contributed by atoms with van der Waals surface area (Å²) in [7, 11) is 4.43. The van der Waals surface area contributed by atoms with E-state index in [4.69, 9.17) is 19.5 Å². The van der Waals surface area contributed by atoms with Gasteiger partial charge in [0.25, 0.3) is 11.7 Å². The lowest BCUT2D eigenvalue weighted by molar-refractivity contribution is -0.132. The predicted molar refractivity (Wildman–Crippen MR) is 128 cm³/mol. The maximum atomic E-state index is 13.4. The fourth-order valence-electron chi connectivity index (χ4n) is 4.14. The summed E-state index contributed by atoms with van der Waals surface area (Å²) in [6, 6.07) is 18.9. The zero-order valence-electron chi connectivity index (χ0n) is 19.3. The van der Waals surface area contributed by atoms with Gasteiger partial charge in [-0.15, -0.1) is 0 Å². The summed E-state index contributed by atoms with van der Waals surface area (Å²) >= 11 is 0. The molecular weight excluding hydrogens is 448 g/mol. The number of aliphatic hydroxyl groups is 1. The fourth-order valence-corrected chi connectivity index (χ4v) is 4.14. The maximum absolute atomic E-state index is 13.4. The first-order valence-electron chi connectivity index (χ1n) is 10.6. The standard InChI is InChI=1S/C27H22N2O6/c1-33-19-7-4-6-17(14-19)24(30)22-23(20-8-5-9-21(34-2)26(20)35-3)29(27(32)25(22)31)18-12-10-16(15-28)11-13-18/h4-14,23,30H,1-3H3/b24-22-. The van der Waals surface area contributed by atoms with E-state index in [1.54, 1.807) is 66.7 Å². The molecule has 0 aromatic heterocycles. The molecule has 0 aliphatic carbocycles. The average molecular weight is 470 g/mol. The van der Waals surface area contributed by atoms with Crippen LogP contribution in [0.15, 0.2) is 72.3 Å². The van der Waals surface area contributed by atoms with Crippen LogP contribution < -0.4 is 19.1 Å². The van der Waals surface area contributed by atoms with Crippen molar-refractivity contribution >= 4 is 23.1 Å². The van der Waals surface area contributed by atoms with Crippen LogP contribution in [0.25, 0.3) is 5.76 Å². The van der Waals surface area contributed by atoms with Gasteiger partial charge in [-0.2, -0.15) is 5.26 Å². The highest BCUT2D eigenvalue weighted by atomic mass is 16.5. The number of nitrogens with zero attached hydrogens (tertiary/aromatic N) is 2. The van der Waals surface area contributed by atoms with Gasteiger partial charge in [0.1, 0.15) is 11.5 Å². The van der Waals surface area contributed by atoms with E-state index in [0.717, 1.165) is 0 Å². The summed E-state index contributed by atoms with van der Waals surface area (Å²) < 4.78 is 16.3. The second kappa shape index (κ2) is 9.61. The van der Waals surface area contributed by atoms with Gasteiger partial charge in [0.15, 0.2) is 11.5 Å². The lowest BCUT2D eigenvalue weighted by Gasteiger charge is -2.27. The molecular formula is C27H22N2O6. The van der Waals surface area contributed by atoms with Gasteiger partial charge in [-0.3, -0.25) is 14.5 Å². The van der Waals surface area contributed by atoms with Crippen molar-refractivity contribution in [3.8, 4) is 23.3 Å². The molecule has 1 atom stereocenters. The Balaban J connectivity index is 2.01. The number of ketones is 1. The number of carbonyl (C=O) groups is 2. The smallest absolute Gasteiger partial charge is 0.300 e. The fraction of sp³-hybridized carbons (Fsp3) is 0.148. The lowest BCUT2D eigenvalue weighted by atomic mass is 9.94. The Morgan fingerprint density at radius 3 is 2.29 bits per heavy atom. The first-order chi connectivity index (χ1) is 16.9. The summed E-state index contributed by atoms with van der Waals surface area (Å²) in [5, 5.41) is 20.5. The molecule has 8 heteroatoms. The zero-order chi connectivity index (χ0) is 25.1. The number of hydrogen-bond acceptors (Lipinski definition) is 7. The largest absolute Gasteiger partial charge is 0.507 e. The summed E-state index contributed by atoms with van der Waals surface area (Å²) in [5.41, 5.74) is 1.43. The number of methoxy groups -OCH3 is 3. The minimum atomic E-state index is -1.03. The summed E-state index contributed by atoms with van der Waals surface area (Å²) in [5.74, 6) is -0.841. The number of rotatable bonds is 6. The first kappa shape index (κ1) is 23.4. The molecule has 0 saturated carbocycles. The van der Waals surface area contributed by atoms with Crippen molar-refractivity contribution in [1.82, 2.24) is 0 Å². The van der Waals surface area contributed by atoms with Crippen molar-refractivity contribution in [2.24, 2.45) is 0 Å². The Kier molecular flexibility index (Phi) is 6.42. The molecule has 0 bridgehead atoms. The van der Waals surface area contributed by atoms with E-state index in [1.165, 1.54) is 26.2 Å². The number of anilines is 1. The summed E-state index contributed by atoms with van der Waals surface area (Å²) in [4.78, 5) is 28.0. The van der Waals surface area contributed by atoms with Gasteiger partial charge in [-0.25, -0.2) is 0 Å². The molecule has 1 saturated heterocycles.